The molecule has 2 fully saturated rings. The van der Waals surface area contributed by atoms with Crippen LogP contribution in [0.25, 0.3) is 10.9 Å². The van der Waals surface area contributed by atoms with E-state index in [1.807, 2.05) is 0 Å². The zero-order chi connectivity index (χ0) is 18.8. The Morgan fingerprint density at radius 1 is 1.11 bits per heavy atom. The summed E-state index contributed by atoms with van der Waals surface area (Å²) in [5.74, 6) is -0.135. The molecule has 0 bridgehead atoms. The van der Waals surface area contributed by atoms with E-state index in [0.29, 0.717) is 30.0 Å². The molecule has 3 heterocycles. The molecule has 2 aromatic rings. The van der Waals surface area contributed by atoms with Gasteiger partial charge >= 0.3 is 0 Å². The van der Waals surface area contributed by atoms with Crippen LogP contribution < -0.4 is 10.9 Å². The molecule has 0 saturated carbocycles. The van der Waals surface area contributed by atoms with E-state index in [1.54, 1.807) is 0 Å². The van der Waals surface area contributed by atoms with Crippen LogP contribution in [-0.2, 0) is 9.47 Å². The highest BCUT2D eigenvalue weighted by molar-refractivity contribution is 6.06. The van der Waals surface area contributed by atoms with Gasteiger partial charge in [-0.25, -0.2) is 4.39 Å². The van der Waals surface area contributed by atoms with Gasteiger partial charge < -0.3 is 19.8 Å². The molecule has 0 radical (unpaired) electrons. The first-order valence-corrected chi connectivity index (χ1v) is 9.41. The van der Waals surface area contributed by atoms with Crippen LogP contribution in [0, 0.1) is 17.7 Å². The Labute approximate surface area is 156 Å². The largest absolute Gasteiger partial charge is 0.381 e. The zero-order valence-electron chi connectivity index (χ0n) is 15.0. The molecule has 1 amide bonds. The average molecular weight is 374 g/mol. The van der Waals surface area contributed by atoms with Crippen LogP contribution in [0.15, 0.2) is 29.1 Å². The molecule has 2 atom stereocenters. The lowest BCUT2D eigenvalue weighted by atomic mass is 9.79. The molecule has 2 N–H and O–H groups in total. The summed E-state index contributed by atoms with van der Waals surface area (Å²) in [6.07, 6.45) is 2.64. The fourth-order valence-electron chi connectivity index (χ4n) is 4.21. The minimum absolute atomic E-state index is 0.0303. The van der Waals surface area contributed by atoms with Crippen LogP contribution in [-0.4, -0.2) is 43.4 Å². The highest BCUT2D eigenvalue weighted by Gasteiger charge is 2.34. The van der Waals surface area contributed by atoms with Crippen molar-refractivity contribution in [3.05, 3.63) is 46.0 Å². The third-order valence-corrected chi connectivity index (χ3v) is 5.64. The van der Waals surface area contributed by atoms with Gasteiger partial charge in [-0.05, 0) is 43.4 Å². The number of aromatic nitrogens is 1. The summed E-state index contributed by atoms with van der Waals surface area (Å²) < 4.78 is 24.8. The minimum Gasteiger partial charge on any atom is -0.381 e. The molecule has 1 aromatic heterocycles. The van der Waals surface area contributed by atoms with E-state index in [4.69, 9.17) is 9.47 Å². The third kappa shape index (κ3) is 3.89. The van der Waals surface area contributed by atoms with Gasteiger partial charge in [-0.3, -0.25) is 9.59 Å². The van der Waals surface area contributed by atoms with Crippen LogP contribution in [0.4, 0.5) is 4.39 Å². The fraction of sp³-hybridized carbons (Fsp3) is 0.500. The quantitative estimate of drug-likeness (QED) is 0.863. The zero-order valence-corrected chi connectivity index (χ0v) is 15.0. The number of carbonyl (C=O) groups is 1. The first-order valence-electron chi connectivity index (χ1n) is 9.41. The molecular formula is C20H23FN2O4. The average Bonchev–Trinajstić information content (AvgIpc) is 2.69. The van der Waals surface area contributed by atoms with Crippen molar-refractivity contribution in [2.75, 3.05) is 26.4 Å². The molecule has 1 aromatic carbocycles. The van der Waals surface area contributed by atoms with Crippen molar-refractivity contribution >= 4 is 16.8 Å². The van der Waals surface area contributed by atoms with Crippen molar-refractivity contribution in [1.82, 2.24) is 10.3 Å². The summed E-state index contributed by atoms with van der Waals surface area (Å²) in [5, 5.41) is 3.49. The molecule has 4 rings (SSSR count). The summed E-state index contributed by atoms with van der Waals surface area (Å²) in [7, 11) is 0. The summed E-state index contributed by atoms with van der Waals surface area (Å²) in [6, 6.07) is 5.22. The number of ether oxygens (including phenoxy) is 2. The van der Waals surface area contributed by atoms with E-state index < -0.39 is 5.82 Å². The molecule has 2 saturated heterocycles. The number of benzene rings is 1. The summed E-state index contributed by atoms with van der Waals surface area (Å²) in [6.45, 7) is 2.68. The second kappa shape index (κ2) is 7.78. The highest BCUT2D eigenvalue weighted by atomic mass is 19.1. The molecule has 0 aliphatic carbocycles. The Morgan fingerprint density at radius 2 is 1.89 bits per heavy atom. The van der Waals surface area contributed by atoms with Crippen LogP contribution in [0.5, 0.6) is 0 Å². The van der Waals surface area contributed by atoms with E-state index >= 15 is 0 Å². The predicted octanol–water partition coefficient (Wildman–Crippen LogP) is 2.23. The lowest BCUT2D eigenvalue weighted by Crippen LogP contribution is -2.49. The number of H-pyrrole nitrogens is 1. The summed E-state index contributed by atoms with van der Waals surface area (Å²) >= 11 is 0. The lowest BCUT2D eigenvalue weighted by Gasteiger charge is -2.39. The maximum absolute atomic E-state index is 13.7. The van der Waals surface area contributed by atoms with Gasteiger partial charge in [0.25, 0.3) is 5.91 Å². The SMILES string of the molecule is O=C(N[C@@H]1CCOC[C@@H]1C1CCOCC1)c1cc(=O)[nH]c2ccc(F)cc12. The van der Waals surface area contributed by atoms with E-state index in [0.717, 1.165) is 32.5 Å². The predicted molar refractivity (Wildman–Crippen MR) is 98.2 cm³/mol. The number of hydrogen-bond acceptors (Lipinski definition) is 4. The van der Waals surface area contributed by atoms with E-state index in [9.17, 15) is 14.0 Å². The molecule has 7 heteroatoms. The first-order chi connectivity index (χ1) is 13.1. The normalized spacial score (nSPS) is 24.0. The smallest absolute Gasteiger partial charge is 0.252 e. The lowest BCUT2D eigenvalue weighted by molar-refractivity contribution is -0.0259. The number of hydrogen-bond donors (Lipinski definition) is 2. The van der Waals surface area contributed by atoms with Gasteiger partial charge in [0.15, 0.2) is 0 Å². The number of carbonyl (C=O) groups excluding carboxylic acids is 1. The summed E-state index contributed by atoms with van der Waals surface area (Å²) in [4.78, 5) is 27.5. The van der Waals surface area contributed by atoms with Gasteiger partial charge in [-0.2, -0.15) is 0 Å². The van der Waals surface area contributed by atoms with Gasteiger partial charge in [0.05, 0.1) is 12.2 Å². The van der Waals surface area contributed by atoms with Crippen molar-refractivity contribution < 1.29 is 18.7 Å². The van der Waals surface area contributed by atoms with Crippen LogP contribution in [0.3, 0.4) is 0 Å². The van der Waals surface area contributed by atoms with E-state index in [2.05, 4.69) is 10.3 Å². The third-order valence-electron chi connectivity index (χ3n) is 5.64. The van der Waals surface area contributed by atoms with Gasteiger partial charge in [0.1, 0.15) is 5.82 Å². The van der Waals surface area contributed by atoms with Gasteiger partial charge in [-0.1, -0.05) is 0 Å². The van der Waals surface area contributed by atoms with Crippen molar-refractivity contribution in [2.24, 2.45) is 11.8 Å². The molecule has 27 heavy (non-hydrogen) atoms. The maximum atomic E-state index is 13.7. The topological polar surface area (TPSA) is 80.4 Å². The molecule has 2 aliphatic heterocycles. The van der Waals surface area contributed by atoms with Crippen molar-refractivity contribution in [3.8, 4) is 0 Å². The maximum Gasteiger partial charge on any atom is 0.252 e. The van der Waals surface area contributed by atoms with Crippen LogP contribution >= 0.6 is 0 Å². The molecule has 0 spiro atoms. The van der Waals surface area contributed by atoms with Crippen LogP contribution in [0.1, 0.15) is 29.6 Å². The minimum atomic E-state index is -0.449. The second-order valence-electron chi connectivity index (χ2n) is 7.29. The standard InChI is InChI=1S/C20H23FN2O4/c21-13-1-2-17-14(9-13)15(10-19(24)22-17)20(25)23-18-5-8-27-11-16(18)12-3-6-26-7-4-12/h1-2,9-10,12,16,18H,3-8,11H2,(H,22,24)(H,23,25)/t16-,18-/m1/s1. The Hall–Kier alpha value is -2.25. The molecule has 0 unspecified atom stereocenters. The molecule has 144 valence electrons. The van der Waals surface area contributed by atoms with Crippen molar-refractivity contribution in [3.63, 3.8) is 0 Å². The van der Waals surface area contributed by atoms with Crippen LogP contribution in [0.2, 0.25) is 0 Å². The number of aromatic amines is 1. The molecular weight excluding hydrogens is 351 g/mol. The molecule has 6 nitrogen and oxygen atoms in total. The highest BCUT2D eigenvalue weighted by Crippen LogP contribution is 2.30. The summed E-state index contributed by atoms with van der Waals surface area (Å²) in [5.41, 5.74) is 0.264. The fourth-order valence-corrected chi connectivity index (χ4v) is 4.21. The number of nitrogens with one attached hydrogen (secondary N) is 2. The molecule has 2 aliphatic rings. The first kappa shape index (κ1) is 18.1. The number of amides is 1. The number of pyridine rings is 1. The Bertz CT molecular complexity index is 891. The van der Waals surface area contributed by atoms with Crippen molar-refractivity contribution in [1.29, 1.82) is 0 Å². The monoisotopic (exact) mass is 374 g/mol. The van der Waals surface area contributed by atoms with E-state index in [1.165, 1.54) is 24.3 Å². The Balaban J connectivity index is 1.60. The van der Waals surface area contributed by atoms with Gasteiger partial charge in [-0.15, -0.1) is 0 Å². The van der Waals surface area contributed by atoms with Gasteiger partial charge in [0.2, 0.25) is 5.56 Å². The van der Waals surface area contributed by atoms with Crippen molar-refractivity contribution in [2.45, 2.75) is 25.3 Å². The number of fused-ring (bicyclic) bond motifs is 1. The Morgan fingerprint density at radius 3 is 2.70 bits per heavy atom. The Kier molecular flexibility index (Phi) is 5.22. The number of rotatable bonds is 3. The number of halogens is 1. The van der Waals surface area contributed by atoms with Gasteiger partial charge in [0, 0.05) is 48.7 Å². The van der Waals surface area contributed by atoms with E-state index in [-0.39, 0.29) is 29.0 Å². The second-order valence-corrected chi connectivity index (χ2v) is 7.29.